The van der Waals surface area contributed by atoms with E-state index in [1.54, 1.807) is 25.0 Å². The number of methoxy groups -OCH3 is 1. The Bertz CT molecular complexity index is 573. The van der Waals surface area contributed by atoms with E-state index in [1.807, 2.05) is 31.2 Å². The van der Waals surface area contributed by atoms with Crippen molar-refractivity contribution >= 4 is 5.78 Å². The molecule has 2 aromatic rings. The zero-order valence-electron chi connectivity index (χ0n) is 10.8. The first kappa shape index (κ1) is 12.4. The van der Waals surface area contributed by atoms with E-state index in [2.05, 4.69) is 5.10 Å². The van der Waals surface area contributed by atoms with E-state index in [1.165, 1.54) is 0 Å². The summed E-state index contributed by atoms with van der Waals surface area (Å²) >= 11 is 0. The predicted octanol–water partition coefficient (Wildman–Crippen LogP) is 2.16. The number of ketones is 1. The Balaban J connectivity index is 2.24. The van der Waals surface area contributed by atoms with Crippen molar-refractivity contribution in [3.8, 4) is 5.75 Å². The molecule has 0 aliphatic rings. The Morgan fingerprint density at radius 3 is 2.89 bits per heavy atom. The summed E-state index contributed by atoms with van der Waals surface area (Å²) in [6.45, 7) is 2.01. The Morgan fingerprint density at radius 2 is 2.22 bits per heavy atom. The predicted molar refractivity (Wildman–Crippen MR) is 69.0 cm³/mol. The molecule has 0 aliphatic heterocycles. The molecule has 0 N–H and O–H groups in total. The molecule has 1 aromatic carbocycles. The van der Waals surface area contributed by atoms with Crippen molar-refractivity contribution in [1.82, 2.24) is 9.78 Å². The zero-order chi connectivity index (χ0) is 13.1. The van der Waals surface area contributed by atoms with Crippen molar-refractivity contribution in [2.45, 2.75) is 13.3 Å². The van der Waals surface area contributed by atoms with Gasteiger partial charge in [-0.05, 0) is 12.5 Å². The Morgan fingerprint density at radius 1 is 1.44 bits per heavy atom. The van der Waals surface area contributed by atoms with Crippen LogP contribution in [-0.2, 0) is 13.5 Å². The van der Waals surface area contributed by atoms with E-state index in [0.717, 1.165) is 11.1 Å². The maximum absolute atomic E-state index is 12.2. The molecule has 0 radical (unpaired) electrons. The summed E-state index contributed by atoms with van der Waals surface area (Å²) in [5.74, 6) is 0.535. The van der Waals surface area contributed by atoms with Crippen LogP contribution in [0.5, 0.6) is 5.75 Å². The number of carbonyl (C=O) groups is 1. The summed E-state index contributed by atoms with van der Waals surface area (Å²) < 4.78 is 6.70. The van der Waals surface area contributed by atoms with Gasteiger partial charge in [0.15, 0.2) is 11.5 Å². The minimum Gasteiger partial charge on any atom is -0.493 e. The fraction of sp³-hybridized carbons (Fsp3) is 0.286. The summed E-state index contributed by atoms with van der Waals surface area (Å²) in [4.78, 5) is 12.2. The minimum absolute atomic E-state index is 0.0115. The van der Waals surface area contributed by atoms with Crippen molar-refractivity contribution in [3.63, 3.8) is 0 Å². The smallest absolute Gasteiger partial charge is 0.189 e. The first-order valence-corrected chi connectivity index (χ1v) is 5.76. The molecule has 2 rings (SSSR count). The maximum Gasteiger partial charge on any atom is 0.189 e. The van der Waals surface area contributed by atoms with Gasteiger partial charge in [0.25, 0.3) is 0 Å². The normalized spacial score (nSPS) is 10.4. The molecule has 0 spiro atoms. The molecule has 0 amide bonds. The van der Waals surface area contributed by atoms with Crippen LogP contribution in [0.1, 0.15) is 21.6 Å². The van der Waals surface area contributed by atoms with Gasteiger partial charge in [0.2, 0.25) is 0 Å². The quantitative estimate of drug-likeness (QED) is 0.774. The summed E-state index contributed by atoms with van der Waals surface area (Å²) in [5, 5.41) is 4.04. The standard InChI is InChI=1S/C14H16N2O2/c1-10-5-4-6-11(7-10)8-12(17)14-13(18-3)9-15-16(14)2/h4-7,9H,8H2,1-3H3. The van der Waals surface area contributed by atoms with Crippen molar-refractivity contribution in [2.75, 3.05) is 7.11 Å². The molecule has 1 aromatic heterocycles. The van der Waals surface area contributed by atoms with E-state index in [0.29, 0.717) is 17.9 Å². The van der Waals surface area contributed by atoms with E-state index < -0.39 is 0 Å². The van der Waals surface area contributed by atoms with Crippen molar-refractivity contribution < 1.29 is 9.53 Å². The molecule has 0 aliphatic carbocycles. The second-order valence-corrected chi connectivity index (χ2v) is 4.27. The van der Waals surface area contributed by atoms with Gasteiger partial charge in [0.1, 0.15) is 5.69 Å². The van der Waals surface area contributed by atoms with Gasteiger partial charge in [0.05, 0.1) is 13.3 Å². The molecular formula is C14H16N2O2. The number of hydrogen-bond acceptors (Lipinski definition) is 3. The minimum atomic E-state index is 0.0115. The van der Waals surface area contributed by atoms with Gasteiger partial charge in [-0.1, -0.05) is 29.8 Å². The topological polar surface area (TPSA) is 44.1 Å². The van der Waals surface area contributed by atoms with E-state index >= 15 is 0 Å². The summed E-state index contributed by atoms with van der Waals surface area (Å²) in [5.41, 5.74) is 2.67. The van der Waals surface area contributed by atoms with Crippen LogP contribution in [0.3, 0.4) is 0 Å². The molecule has 4 heteroatoms. The number of aryl methyl sites for hydroxylation is 2. The summed E-state index contributed by atoms with van der Waals surface area (Å²) in [7, 11) is 3.28. The molecule has 0 saturated heterocycles. The second kappa shape index (κ2) is 5.04. The summed E-state index contributed by atoms with van der Waals surface area (Å²) in [6, 6.07) is 7.94. The molecule has 1 heterocycles. The fourth-order valence-electron chi connectivity index (χ4n) is 1.98. The third-order valence-electron chi connectivity index (χ3n) is 2.84. The van der Waals surface area contributed by atoms with Crippen LogP contribution in [0, 0.1) is 6.92 Å². The molecule has 0 saturated carbocycles. The Labute approximate surface area is 106 Å². The summed E-state index contributed by atoms with van der Waals surface area (Å²) in [6.07, 6.45) is 1.92. The van der Waals surface area contributed by atoms with Crippen LogP contribution in [0.4, 0.5) is 0 Å². The molecule has 0 fully saturated rings. The lowest BCUT2D eigenvalue weighted by atomic mass is 10.0. The highest BCUT2D eigenvalue weighted by molar-refractivity contribution is 5.98. The van der Waals surface area contributed by atoms with Gasteiger partial charge >= 0.3 is 0 Å². The van der Waals surface area contributed by atoms with E-state index in [9.17, 15) is 4.79 Å². The molecule has 0 unspecified atom stereocenters. The van der Waals surface area contributed by atoms with Gasteiger partial charge in [-0.25, -0.2) is 0 Å². The average Bonchev–Trinajstić information content (AvgIpc) is 2.70. The fourth-order valence-corrected chi connectivity index (χ4v) is 1.98. The third kappa shape index (κ3) is 2.42. The van der Waals surface area contributed by atoms with Crippen LogP contribution in [0.2, 0.25) is 0 Å². The lowest BCUT2D eigenvalue weighted by molar-refractivity contribution is 0.0981. The molecule has 94 valence electrons. The molecule has 0 atom stereocenters. The highest BCUT2D eigenvalue weighted by atomic mass is 16.5. The van der Waals surface area contributed by atoms with Crippen LogP contribution >= 0.6 is 0 Å². The monoisotopic (exact) mass is 244 g/mol. The first-order chi connectivity index (χ1) is 8.61. The number of rotatable bonds is 4. The highest BCUT2D eigenvalue weighted by Gasteiger charge is 2.17. The SMILES string of the molecule is COc1cnn(C)c1C(=O)Cc1cccc(C)c1. The molecular weight excluding hydrogens is 228 g/mol. The number of aromatic nitrogens is 2. The van der Waals surface area contributed by atoms with Gasteiger partial charge in [-0.15, -0.1) is 0 Å². The van der Waals surface area contributed by atoms with Crippen LogP contribution in [-0.4, -0.2) is 22.7 Å². The van der Waals surface area contributed by atoms with Crippen LogP contribution < -0.4 is 4.74 Å². The van der Waals surface area contributed by atoms with Gasteiger partial charge in [-0.2, -0.15) is 5.10 Å². The Kier molecular flexibility index (Phi) is 3.46. The van der Waals surface area contributed by atoms with E-state index in [-0.39, 0.29) is 5.78 Å². The van der Waals surface area contributed by atoms with Crippen molar-refractivity contribution in [3.05, 3.63) is 47.3 Å². The molecule has 4 nitrogen and oxygen atoms in total. The van der Waals surface area contributed by atoms with Gasteiger partial charge < -0.3 is 4.74 Å². The molecule has 0 bridgehead atoms. The van der Waals surface area contributed by atoms with Gasteiger partial charge in [0, 0.05) is 13.5 Å². The number of carbonyl (C=O) groups excluding carboxylic acids is 1. The first-order valence-electron chi connectivity index (χ1n) is 5.76. The lowest BCUT2D eigenvalue weighted by Crippen LogP contribution is -2.11. The largest absolute Gasteiger partial charge is 0.493 e. The van der Waals surface area contributed by atoms with Crippen molar-refractivity contribution in [1.29, 1.82) is 0 Å². The lowest BCUT2D eigenvalue weighted by Gasteiger charge is -2.05. The van der Waals surface area contributed by atoms with E-state index in [4.69, 9.17) is 4.74 Å². The molecule has 18 heavy (non-hydrogen) atoms. The highest BCUT2D eigenvalue weighted by Crippen LogP contribution is 2.19. The second-order valence-electron chi connectivity index (χ2n) is 4.27. The Hall–Kier alpha value is -2.10. The average molecular weight is 244 g/mol. The number of hydrogen-bond donors (Lipinski definition) is 0. The van der Waals surface area contributed by atoms with Crippen molar-refractivity contribution in [2.24, 2.45) is 7.05 Å². The van der Waals surface area contributed by atoms with Gasteiger partial charge in [-0.3, -0.25) is 9.48 Å². The zero-order valence-corrected chi connectivity index (χ0v) is 10.8. The third-order valence-corrected chi connectivity index (χ3v) is 2.84. The number of nitrogens with zero attached hydrogens (tertiary/aromatic N) is 2. The van der Waals surface area contributed by atoms with Crippen LogP contribution in [0.15, 0.2) is 30.5 Å². The van der Waals surface area contributed by atoms with Crippen LogP contribution in [0.25, 0.3) is 0 Å². The number of ether oxygens (including phenoxy) is 1. The number of benzene rings is 1. The maximum atomic E-state index is 12.2. The number of Topliss-reactive ketones (excluding diaryl/α,β-unsaturated/α-hetero) is 1.